The van der Waals surface area contributed by atoms with Gasteiger partial charge in [-0.15, -0.1) is 0 Å². The van der Waals surface area contributed by atoms with Crippen LogP contribution < -0.4 is 4.74 Å². The number of carboxylic acid groups (broad SMARTS) is 1. The first-order valence-electron chi connectivity index (χ1n) is 7.27. The molecule has 0 aliphatic heterocycles. The Morgan fingerprint density at radius 3 is 2.96 bits per heavy atom. The van der Waals surface area contributed by atoms with Crippen molar-refractivity contribution >= 4 is 21.9 Å². The van der Waals surface area contributed by atoms with E-state index in [1.54, 1.807) is 18.2 Å². The number of halogens is 1. The van der Waals surface area contributed by atoms with E-state index in [4.69, 9.17) is 9.84 Å². The van der Waals surface area contributed by atoms with Crippen LogP contribution in [0, 0.1) is 11.3 Å². The summed E-state index contributed by atoms with van der Waals surface area (Å²) >= 11 is 3.47. The fourth-order valence-electron chi connectivity index (χ4n) is 2.91. The Kier molecular flexibility index (Phi) is 4.35. The second-order valence-corrected chi connectivity index (χ2v) is 6.38. The third-order valence-electron chi connectivity index (χ3n) is 3.95. The van der Waals surface area contributed by atoms with Crippen LogP contribution in [0.15, 0.2) is 40.9 Å². The van der Waals surface area contributed by atoms with Crippen molar-refractivity contribution in [2.45, 2.75) is 25.4 Å². The number of para-hydroxylation sites is 1. The number of benzene rings is 2. The molecule has 0 amide bonds. The molecule has 2 aromatic carbocycles. The zero-order valence-corrected chi connectivity index (χ0v) is 13.8. The van der Waals surface area contributed by atoms with Gasteiger partial charge in [0.1, 0.15) is 17.9 Å². The first-order valence-corrected chi connectivity index (χ1v) is 8.06. The second-order valence-electron chi connectivity index (χ2n) is 5.46. The van der Waals surface area contributed by atoms with Crippen LogP contribution in [-0.4, -0.2) is 11.1 Å². The maximum absolute atomic E-state index is 11.1. The molecule has 3 rings (SSSR count). The van der Waals surface area contributed by atoms with E-state index < -0.39 is 5.97 Å². The summed E-state index contributed by atoms with van der Waals surface area (Å²) in [5.41, 5.74) is 3.22. The second kappa shape index (κ2) is 6.43. The van der Waals surface area contributed by atoms with Crippen LogP contribution in [0.4, 0.5) is 0 Å². The number of nitrogens with zero attached hydrogens (tertiary/aromatic N) is 1. The number of rotatable bonds is 4. The Hall–Kier alpha value is -2.32. The molecule has 23 heavy (non-hydrogen) atoms. The number of ether oxygens (including phenoxy) is 1. The Bertz CT molecular complexity index is 810. The first kappa shape index (κ1) is 15.6. The summed E-state index contributed by atoms with van der Waals surface area (Å²) in [5, 5.41) is 18.4. The molecule has 1 unspecified atom stereocenters. The molecule has 1 N–H and O–H groups in total. The predicted octanol–water partition coefficient (Wildman–Crippen LogP) is 4.01. The maximum Gasteiger partial charge on any atom is 0.307 e. The van der Waals surface area contributed by atoms with Crippen molar-refractivity contribution in [3.8, 4) is 11.8 Å². The molecule has 0 aromatic heterocycles. The quantitative estimate of drug-likeness (QED) is 0.880. The van der Waals surface area contributed by atoms with Gasteiger partial charge in [-0.05, 0) is 42.2 Å². The number of aryl methyl sites for hydroxylation is 1. The molecule has 0 saturated carbocycles. The van der Waals surface area contributed by atoms with Crippen LogP contribution in [0.1, 0.15) is 34.8 Å². The van der Waals surface area contributed by atoms with Crippen molar-refractivity contribution in [3.63, 3.8) is 0 Å². The van der Waals surface area contributed by atoms with Crippen molar-refractivity contribution in [2.75, 3.05) is 0 Å². The predicted molar refractivity (Wildman–Crippen MR) is 88.3 cm³/mol. The summed E-state index contributed by atoms with van der Waals surface area (Å²) in [5.74, 6) is -0.560. The monoisotopic (exact) mass is 371 g/mol. The van der Waals surface area contributed by atoms with Crippen LogP contribution in [0.2, 0.25) is 0 Å². The minimum atomic E-state index is -0.945. The van der Waals surface area contributed by atoms with Gasteiger partial charge in [0.05, 0.1) is 12.0 Å². The molecule has 0 fully saturated rings. The SMILES string of the molecule is N#Cc1cccc(CC(=O)O)c1OC1CCc2ccc(Br)cc21. The van der Waals surface area contributed by atoms with Gasteiger partial charge < -0.3 is 9.84 Å². The smallest absolute Gasteiger partial charge is 0.307 e. The standard InChI is InChI=1S/C18H14BrNO3/c19-14-6-4-11-5-7-16(15(11)9-14)23-18-12(8-17(21)22)2-1-3-13(18)10-20/h1-4,6,9,16H,5,7-8H2,(H,21,22). The number of nitriles is 1. The highest BCUT2D eigenvalue weighted by Gasteiger charge is 2.26. The summed E-state index contributed by atoms with van der Waals surface area (Å²) in [4.78, 5) is 11.1. The van der Waals surface area contributed by atoms with E-state index in [-0.39, 0.29) is 12.5 Å². The highest BCUT2D eigenvalue weighted by Crippen LogP contribution is 2.38. The molecular formula is C18H14BrNO3. The van der Waals surface area contributed by atoms with Crippen molar-refractivity contribution in [1.82, 2.24) is 0 Å². The van der Waals surface area contributed by atoms with Gasteiger partial charge in [-0.1, -0.05) is 34.1 Å². The van der Waals surface area contributed by atoms with E-state index in [2.05, 4.69) is 28.1 Å². The molecule has 5 heteroatoms. The fraction of sp³-hybridized carbons (Fsp3) is 0.222. The van der Waals surface area contributed by atoms with E-state index in [1.165, 1.54) is 5.56 Å². The maximum atomic E-state index is 11.1. The van der Waals surface area contributed by atoms with Gasteiger partial charge in [-0.25, -0.2) is 0 Å². The van der Waals surface area contributed by atoms with Crippen molar-refractivity contribution in [1.29, 1.82) is 5.26 Å². The molecule has 0 heterocycles. The van der Waals surface area contributed by atoms with Crippen LogP contribution >= 0.6 is 15.9 Å². The first-order chi connectivity index (χ1) is 11.1. The van der Waals surface area contributed by atoms with Crippen molar-refractivity contribution in [3.05, 3.63) is 63.1 Å². The lowest BCUT2D eigenvalue weighted by Crippen LogP contribution is -2.09. The van der Waals surface area contributed by atoms with Crippen LogP contribution in [-0.2, 0) is 17.6 Å². The summed E-state index contributed by atoms with van der Waals surface area (Å²) < 4.78 is 7.08. The molecule has 1 atom stereocenters. The van der Waals surface area contributed by atoms with Gasteiger partial charge in [-0.2, -0.15) is 5.26 Å². The third kappa shape index (κ3) is 3.22. The Morgan fingerprint density at radius 1 is 1.39 bits per heavy atom. The molecule has 0 saturated heterocycles. The highest BCUT2D eigenvalue weighted by atomic mass is 79.9. The zero-order valence-electron chi connectivity index (χ0n) is 12.3. The van der Waals surface area contributed by atoms with Crippen LogP contribution in [0.3, 0.4) is 0 Å². The van der Waals surface area contributed by atoms with E-state index in [9.17, 15) is 10.1 Å². The normalized spacial score (nSPS) is 15.7. The largest absolute Gasteiger partial charge is 0.484 e. The van der Waals surface area contributed by atoms with Crippen LogP contribution in [0.25, 0.3) is 0 Å². The Labute approximate surface area is 142 Å². The van der Waals surface area contributed by atoms with Crippen molar-refractivity contribution in [2.24, 2.45) is 0 Å². The van der Waals surface area contributed by atoms with Crippen molar-refractivity contribution < 1.29 is 14.6 Å². The lowest BCUT2D eigenvalue weighted by molar-refractivity contribution is -0.136. The average Bonchev–Trinajstić information content (AvgIpc) is 2.90. The molecule has 1 aliphatic carbocycles. The van der Waals surface area contributed by atoms with E-state index in [0.717, 1.165) is 22.9 Å². The number of carbonyl (C=O) groups is 1. The van der Waals surface area contributed by atoms with Gasteiger partial charge in [0.2, 0.25) is 0 Å². The summed E-state index contributed by atoms with van der Waals surface area (Å²) in [6.45, 7) is 0. The Balaban J connectivity index is 1.97. The third-order valence-corrected chi connectivity index (χ3v) is 4.44. The topological polar surface area (TPSA) is 70.3 Å². The molecular weight excluding hydrogens is 358 g/mol. The summed E-state index contributed by atoms with van der Waals surface area (Å²) in [7, 11) is 0. The lowest BCUT2D eigenvalue weighted by Gasteiger charge is -2.18. The molecule has 0 spiro atoms. The molecule has 4 nitrogen and oxygen atoms in total. The summed E-state index contributed by atoms with van der Waals surface area (Å²) in [6, 6.07) is 13.2. The average molecular weight is 372 g/mol. The molecule has 0 bridgehead atoms. The lowest BCUT2D eigenvalue weighted by atomic mass is 10.1. The number of carboxylic acids is 1. The van der Waals surface area contributed by atoms with E-state index in [1.807, 2.05) is 12.1 Å². The zero-order chi connectivity index (χ0) is 16.4. The number of hydrogen-bond acceptors (Lipinski definition) is 3. The van der Waals surface area contributed by atoms with Gasteiger partial charge in [-0.3, -0.25) is 4.79 Å². The summed E-state index contributed by atoms with van der Waals surface area (Å²) in [6.07, 6.45) is 1.40. The fourth-order valence-corrected chi connectivity index (χ4v) is 3.29. The molecule has 0 radical (unpaired) electrons. The molecule has 2 aromatic rings. The number of fused-ring (bicyclic) bond motifs is 1. The molecule has 116 valence electrons. The minimum Gasteiger partial charge on any atom is -0.484 e. The van der Waals surface area contributed by atoms with Gasteiger partial charge >= 0.3 is 5.97 Å². The number of hydrogen-bond donors (Lipinski definition) is 1. The van der Waals surface area contributed by atoms with Gasteiger partial charge in [0.25, 0.3) is 0 Å². The van der Waals surface area contributed by atoms with E-state index >= 15 is 0 Å². The van der Waals surface area contributed by atoms with Gasteiger partial charge in [0, 0.05) is 10.0 Å². The molecule has 1 aliphatic rings. The number of aliphatic carboxylic acids is 1. The minimum absolute atomic E-state index is 0.162. The van der Waals surface area contributed by atoms with E-state index in [0.29, 0.717) is 16.9 Å². The van der Waals surface area contributed by atoms with Crippen LogP contribution in [0.5, 0.6) is 5.75 Å². The highest BCUT2D eigenvalue weighted by molar-refractivity contribution is 9.10. The Morgan fingerprint density at radius 2 is 2.22 bits per heavy atom. The van der Waals surface area contributed by atoms with Gasteiger partial charge in [0.15, 0.2) is 0 Å².